The van der Waals surface area contributed by atoms with Crippen molar-refractivity contribution in [1.82, 2.24) is 20.8 Å². The Balaban J connectivity index is 1.48. The number of benzene rings is 1. The van der Waals surface area contributed by atoms with Crippen LogP contribution in [-0.4, -0.2) is 59.6 Å². The first-order valence-corrected chi connectivity index (χ1v) is 8.99. The average Bonchev–Trinajstić information content (AvgIpc) is 2.90. The summed E-state index contributed by atoms with van der Waals surface area (Å²) in [5.41, 5.74) is 3.33. The van der Waals surface area contributed by atoms with Gasteiger partial charge in [0, 0.05) is 20.0 Å². The Morgan fingerprint density at radius 1 is 1.22 bits per heavy atom. The molecular weight excluding hydrogens is 352 g/mol. The van der Waals surface area contributed by atoms with Crippen LogP contribution in [0, 0.1) is 0 Å². The van der Waals surface area contributed by atoms with Gasteiger partial charge in [0.25, 0.3) is 5.91 Å². The highest BCUT2D eigenvalue weighted by molar-refractivity contribution is 5.88. The van der Waals surface area contributed by atoms with Gasteiger partial charge in [-0.05, 0) is 18.4 Å². The molecule has 2 saturated heterocycles. The fourth-order valence-electron chi connectivity index (χ4n) is 3.26. The highest BCUT2D eigenvalue weighted by Crippen LogP contribution is 2.30. The molecule has 3 rings (SSSR count). The van der Waals surface area contributed by atoms with Gasteiger partial charge in [-0.3, -0.25) is 19.3 Å². The maximum Gasteiger partial charge on any atom is 0.345 e. The molecule has 0 saturated carbocycles. The van der Waals surface area contributed by atoms with Crippen LogP contribution in [0.5, 0.6) is 0 Å². The van der Waals surface area contributed by atoms with E-state index in [1.165, 1.54) is 16.9 Å². The number of amides is 4. The number of hydrogen-bond acceptors (Lipinski definition) is 5. The van der Waals surface area contributed by atoms with Crippen LogP contribution in [0.2, 0.25) is 0 Å². The summed E-state index contributed by atoms with van der Waals surface area (Å²) >= 11 is 0. The van der Waals surface area contributed by atoms with Crippen molar-refractivity contribution >= 4 is 17.8 Å². The van der Waals surface area contributed by atoms with Crippen LogP contribution in [0.4, 0.5) is 4.79 Å². The monoisotopic (exact) mass is 376 g/mol. The molecule has 2 atom stereocenters. The van der Waals surface area contributed by atoms with E-state index < -0.39 is 6.04 Å². The largest absolute Gasteiger partial charge is 0.354 e. The first kappa shape index (κ1) is 19.1. The van der Waals surface area contributed by atoms with Gasteiger partial charge in [-0.2, -0.15) is 5.06 Å². The lowest BCUT2D eigenvalue weighted by Crippen LogP contribution is -2.50. The lowest BCUT2D eigenvalue weighted by atomic mass is 10.0. The number of nitrogens with zero attached hydrogens (tertiary/aromatic N) is 2. The number of piperidine rings is 1. The molecule has 9 nitrogen and oxygen atoms in total. The van der Waals surface area contributed by atoms with E-state index in [9.17, 15) is 14.4 Å². The summed E-state index contributed by atoms with van der Waals surface area (Å²) in [6.07, 6.45) is 1.23. The minimum Gasteiger partial charge on any atom is -0.354 e. The normalized spacial score (nSPS) is 21.3. The molecule has 0 aliphatic carbocycles. The van der Waals surface area contributed by atoms with E-state index in [4.69, 9.17) is 9.68 Å². The van der Waals surface area contributed by atoms with E-state index in [1.807, 2.05) is 30.3 Å². The number of rotatable bonds is 8. The predicted octanol–water partition coefficient (Wildman–Crippen LogP) is 0.571. The summed E-state index contributed by atoms with van der Waals surface area (Å²) in [6.45, 7) is 2.62. The number of carbonyl (C=O) groups excluding carboxylic acids is 3. The molecule has 2 fully saturated rings. The van der Waals surface area contributed by atoms with Crippen molar-refractivity contribution in [1.29, 1.82) is 0 Å². The molecule has 2 aliphatic rings. The number of nitrogens with one attached hydrogen (secondary N) is 2. The third-order valence-electron chi connectivity index (χ3n) is 4.59. The number of hydroxylamine groups is 3. The fourth-order valence-corrected chi connectivity index (χ4v) is 3.26. The minimum absolute atomic E-state index is 0.0500. The topological polar surface area (TPSA) is 100 Å². The van der Waals surface area contributed by atoms with Crippen molar-refractivity contribution in [2.75, 3.05) is 19.7 Å². The molecule has 0 spiro atoms. The zero-order chi connectivity index (χ0) is 19.2. The Morgan fingerprint density at radius 2 is 2.00 bits per heavy atom. The SMILES string of the molecule is CC(=O)NCCONC(=O)[C@@H]1CC[C@@H]2CN1C(=O)N2OCc1ccccc1. The van der Waals surface area contributed by atoms with Crippen LogP contribution in [0.15, 0.2) is 30.3 Å². The summed E-state index contributed by atoms with van der Waals surface area (Å²) in [5.74, 6) is -0.531. The smallest absolute Gasteiger partial charge is 0.345 e. The molecule has 2 aliphatic heterocycles. The van der Waals surface area contributed by atoms with E-state index in [1.54, 1.807) is 0 Å². The quantitative estimate of drug-likeness (QED) is 0.510. The Kier molecular flexibility index (Phi) is 6.25. The number of urea groups is 1. The van der Waals surface area contributed by atoms with Crippen molar-refractivity contribution in [3.05, 3.63) is 35.9 Å². The van der Waals surface area contributed by atoms with Gasteiger partial charge >= 0.3 is 6.03 Å². The van der Waals surface area contributed by atoms with Crippen LogP contribution >= 0.6 is 0 Å². The highest BCUT2D eigenvalue weighted by Gasteiger charge is 2.48. The number of carbonyl (C=O) groups is 3. The zero-order valence-corrected chi connectivity index (χ0v) is 15.2. The second kappa shape index (κ2) is 8.83. The van der Waals surface area contributed by atoms with Crippen molar-refractivity contribution in [3.8, 4) is 0 Å². The molecule has 0 unspecified atom stereocenters. The summed E-state index contributed by atoms with van der Waals surface area (Å²) in [7, 11) is 0. The Hall–Kier alpha value is -2.65. The third-order valence-corrected chi connectivity index (χ3v) is 4.59. The highest BCUT2D eigenvalue weighted by atomic mass is 16.7. The summed E-state index contributed by atoms with van der Waals surface area (Å²) in [6, 6.07) is 8.68. The molecule has 146 valence electrons. The van der Waals surface area contributed by atoms with E-state index >= 15 is 0 Å². The molecule has 2 heterocycles. The second-order valence-electron chi connectivity index (χ2n) is 6.56. The number of fused-ring (bicyclic) bond motifs is 2. The van der Waals surface area contributed by atoms with Gasteiger partial charge in [-0.1, -0.05) is 30.3 Å². The van der Waals surface area contributed by atoms with Crippen LogP contribution in [0.1, 0.15) is 25.3 Å². The maximum atomic E-state index is 12.6. The van der Waals surface area contributed by atoms with E-state index in [0.717, 1.165) is 5.56 Å². The minimum atomic E-state index is -0.583. The molecule has 27 heavy (non-hydrogen) atoms. The van der Waals surface area contributed by atoms with Gasteiger partial charge in [-0.15, -0.1) is 0 Å². The predicted molar refractivity (Wildman–Crippen MR) is 94.8 cm³/mol. The summed E-state index contributed by atoms with van der Waals surface area (Å²) in [5, 5.41) is 3.95. The Labute approximate surface area is 157 Å². The molecule has 1 aromatic rings. The van der Waals surface area contributed by atoms with Crippen molar-refractivity contribution < 1.29 is 24.1 Å². The van der Waals surface area contributed by atoms with Crippen molar-refractivity contribution in [3.63, 3.8) is 0 Å². The first-order valence-electron chi connectivity index (χ1n) is 8.99. The van der Waals surface area contributed by atoms with Gasteiger partial charge in [0.15, 0.2) is 0 Å². The van der Waals surface area contributed by atoms with Crippen LogP contribution < -0.4 is 10.8 Å². The van der Waals surface area contributed by atoms with Crippen LogP contribution in [0.25, 0.3) is 0 Å². The standard InChI is InChI=1S/C18H24N4O5/c1-13(23)19-9-10-26-20-17(24)16-8-7-15-11-21(16)18(25)22(15)27-12-14-5-3-2-4-6-14/h2-6,15-16H,7-12H2,1H3,(H,19,23)(H,20,24)/t15-,16+/m1/s1. The Bertz CT molecular complexity index is 684. The molecule has 9 heteroatoms. The zero-order valence-electron chi connectivity index (χ0n) is 15.2. The molecule has 4 amide bonds. The number of hydrogen-bond donors (Lipinski definition) is 2. The van der Waals surface area contributed by atoms with Crippen LogP contribution in [-0.2, 0) is 25.9 Å². The van der Waals surface area contributed by atoms with Gasteiger partial charge in [-0.25, -0.2) is 10.3 Å². The fraction of sp³-hybridized carbons (Fsp3) is 0.500. The molecular formula is C18H24N4O5. The van der Waals surface area contributed by atoms with E-state index in [-0.39, 0.29) is 30.5 Å². The van der Waals surface area contributed by atoms with Gasteiger partial charge in [0.05, 0.1) is 12.6 Å². The summed E-state index contributed by atoms with van der Waals surface area (Å²) in [4.78, 5) is 48.1. The lowest BCUT2D eigenvalue weighted by Gasteiger charge is -2.28. The van der Waals surface area contributed by atoms with Crippen LogP contribution in [0.3, 0.4) is 0 Å². The first-order chi connectivity index (χ1) is 13.1. The molecule has 1 aromatic carbocycles. The van der Waals surface area contributed by atoms with Gasteiger partial charge < -0.3 is 10.2 Å². The Morgan fingerprint density at radius 3 is 2.74 bits per heavy atom. The van der Waals surface area contributed by atoms with E-state index in [2.05, 4.69) is 10.8 Å². The average molecular weight is 376 g/mol. The van der Waals surface area contributed by atoms with Gasteiger partial charge in [0.1, 0.15) is 12.6 Å². The molecule has 0 radical (unpaired) electrons. The maximum absolute atomic E-state index is 12.6. The second-order valence-corrected chi connectivity index (χ2v) is 6.56. The molecule has 0 aromatic heterocycles. The third kappa shape index (κ3) is 4.75. The molecule has 2 bridgehead atoms. The lowest BCUT2D eigenvalue weighted by molar-refractivity contribution is -0.141. The van der Waals surface area contributed by atoms with E-state index in [0.29, 0.717) is 32.5 Å². The summed E-state index contributed by atoms with van der Waals surface area (Å²) < 4.78 is 0. The van der Waals surface area contributed by atoms with Crippen molar-refractivity contribution in [2.24, 2.45) is 0 Å². The van der Waals surface area contributed by atoms with Gasteiger partial charge in [0.2, 0.25) is 5.91 Å². The molecule has 2 N–H and O–H groups in total. The van der Waals surface area contributed by atoms with Crippen molar-refractivity contribution in [2.45, 2.75) is 38.5 Å².